The van der Waals surface area contributed by atoms with Gasteiger partial charge in [-0.3, -0.25) is 0 Å². The number of hydrogen-bond acceptors (Lipinski definition) is 3. The van der Waals surface area contributed by atoms with Crippen molar-refractivity contribution in [3.05, 3.63) is 12.2 Å². The highest BCUT2D eigenvalue weighted by Crippen LogP contribution is 2.19. The number of esters is 1. The average molecular weight is 211 g/mol. The van der Waals surface area contributed by atoms with Crippen LogP contribution in [0.25, 0.3) is 0 Å². The summed E-state index contributed by atoms with van der Waals surface area (Å²) in [7, 11) is 1.41. The van der Waals surface area contributed by atoms with E-state index in [2.05, 4.69) is 16.6 Å². The van der Waals surface area contributed by atoms with E-state index in [0.717, 1.165) is 13.0 Å². The highest BCUT2D eigenvalue weighted by molar-refractivity contribution is 5.81. The highest BCUT2D eigenvalue weighted by atomic mass is 16.5. The van der Waals surface area contributed by atoms with E-state index in [1.54, 1.807) is 0 Å². The van der Waals surface area contributed by atoms with Gasteiger partial charge in [-0.15, -0.1) is 0 Å². The molecule has 0 amide bonds. The Bertz CT molecular complexity index is 226. The first-order valence-electron chi connectivity index (χ1n) is 5.73. The van der Waals surface area contributed by atoms with Crippen LogP contribution in [0, 0.1) is 5.92 Å². The molecule has 0 radical (unpaired) electrons. The Kier molecular flexibility index (Phi) is 5.40. The third-order valence-electron chi connectivity index (χ3n) is 2.97. The molecule has 0 bridgehead atoms. The maximum Gasteiger partial charge on any atom is 0.330 e. The summed E-state index contributed by atoms with van der Waals surface area (Å²) in [6.45, 7) is 5.74. The van der Waals surface area contributed by atoms with E-state index in [-0.39, 0.29) is 5.97 Å². The minimum atomic E-state index is -0.252. The number of methoxy groups -OCH3 is 1. The van der Waals surface area contributed by atoms with E-state index in [4.69, 9.17) is 0 Å². The molecule has 1 unspecified atom stereocenters. The average Bonchev–Trinajstić information content (AvgIpc) is 2.29. The van der Waals surface area contributed by atoms with Crippen molar-refractivity contribution in [3.63, 3.8) is 0 Å². The van der Waals surface area contributed by atoms with E-state index in [9.17, 15) is 4.79 Å². The molecule has 1 heterocycles. The lowest BCUT2D eigenvalue weighted by molar-refractivity contribution is -0.134. The van der Waals surface area contributed by atoms with Crippen molar-refractivity contribution in [1.29, 1.82) is 0 Å². The van der Waals surface area contributed by atoms with Crippen LogP contribution in [0.4, 0.5) is 0 Å². The number of likely N-dealkylation sites (tertiary alicyclic amines) is 1. The maximum atomic E-state index is 10.9. The Balaban J connectivity index is 2.26. The summed E-state index contributed by atoms with van der Waals surface area (Å²) in [5.74, 6) is 0.456. The highest BCUT2D eigenvalue weighted by Gasteiger charge is 2.17. The lowest BCUT2D eigenvalue weighted by Gasteiger charge is -2.31. The van der Waals surface area contributed by atoms with Gasteiger partial charge >= 0.3 is 5.97 Å². The van der Waals surface area contributed by atoms with Crippen molar-refractivity contribution in [2.45, 2.75) is 26.2 Å². The summed E-state index contributed by atoms with van der Waals surface area (Å²) in [5, 5.41) is 0. The zero-order valence-electron chi connectivity index (χ0n) is 9.74. The molecular formula is C12H21NO2. The van der Waals surface area contributed by atoms with Crippen molar-refractivity contribution >= 4 is 5.97 Å². The summed E-state index contributed by atoms with van der Waals surface area (Å²) < 4.78 is 4.55. The topological polar surface area (TPSA) is 29.5 Å². The van der Waals surface area contributed by atoms with Crippen LogP contribution in [0.5, 0.6) is 0 Å². The maximum absolute atomic E-state index is 10.9. The molecule has 1 atom stereocenters. The van der Waals surface area contributed by atoms with Gasteiger partial charge < -0.3 is 9.64 Å². The fourth-order valence-electron chi connectivity index (χ4n) is 2.06. The van der Waals surface area contributed by atoms with Crippen LogP contribution in [0.1, 0.15) is 26.2 Å². The zero-order chi connectivity index (χ0) is 11.1. The number of nitrogens with zero attached hydrogens (tertiary/aromatic N) is 1. The summed E-state index contributed by atoms with van der Waals surface area (Å²) in [6, 6.07) is 0. The van der Waals surface area contributed by atoms with E-state index in [1.807, 2.05) is 6.08 Å². The molecule has 0 aliphatic carbocycles. The molecule has 0 spiro atoms. The lowest BCUT2D eigenvalue weighted by Crippen LogP contribution is -2.34. The Labute approximate surface area is 92.1 Å². The molecule has 1 saturated heterocycles. The third-order valence-corrected chi connectivity index (χ3v) is 2.97. The molecule has 1 aliphatic heterocycles. The summed E-state index contributed by atoms with van der Waals surface area (Å²) in [6.07, 6.45) is 7.03. The van der Waals surface area contributed by atoms with Crippen molar-refractivity contribution < 1.29 is 9.53 Å². The van der Waals surface area contributed by atoms with Gasteiger partial charge in [0.25, 0.3) is 0 Å². The second-order valence-corrected chi connectivity index (χ2v) is 4.06. The lowest BCUT2D eigenvalue weighted by atomic mass is 9.95. The minimum absolute atomic E-state index is 0.252. The molecule has 15 heavy (non-hydrogen) atoms. The smallest absolute Gasteiger partial charge is 0.330 e. The van der Waals surface area contributed by atoms with E-state index < -0.39 is 0 Å². The molecule has 3 heteroatoms. The molecule has 86 valence electrons. The molecule has 1 aliphatic rings. The van der Waals surface area contributed by atoms with Crippen LogP contribution < -0.4 is 0 Å². The van der Waals surface area contributed by atoms with Gasteiger partial charge in [0.2, 0.25) is 0 Å². The van der Waals surface area contributed by atoms with Crippen molar-refractivity contribution in [2.24, 2.45) is 5.92 Å². The number of ether oxygens (including phenoxy) is 1. The predicted octanol–water partition coefficient (Wildman–Crippen LogP) is 1.84. The van der Waals surface area contributed by atoms with Crippen LogP contribution in [0.15, 0.2) is 12.2 Å². The molecule has 1 fully saturated rings. The first-order valence-corrected chi connectivity index (χ1v) is 5.73. The number of rotatable bonds is 4. The molecule has 0 aromatic heterocycles. The zero-order valence-corrected chi connectivity index (χ0v) is 9.74. The van der Waals surface area contributed by atoms with Crippen LogP contribution in [-0.4, -0.2) is 37.6 Å². The van der Waals surface area contributed by atoms with Crippen molar-refractivity contribution in [2.75, 3.05) is 26.7 Å². The number of hydrogen-bond donors (Lipinski definition) is 0. The summed E-state index contributed by atoms with van der Waals surface area (Å²) >= 11 is 0. The van der Waals surface area contributed by atoms with Gasteiger partial charge in [-0.25, -0.2) is 4.79 Å². The second kappa shape index (κ2) is 6.62. The van der Waals surface area contributed by atoms with Gasteiger partial charge in [-0.1, -0.05) is 13.0 Å². The quantitative estimate of drug-likeness (QED) is 0.525. The monoisotopic (exact) mass is 211 g/mol. The fourth-order valence-corrected chi connectivity index (χ4v) is 2.06. The summed E-state index contributed by atoms with van der Waals surface area (Å²) in [5.41, 5.74) is 0. The first-order chi connectivity index (χ1) is 7.26. The van der Waals surface area contributed by atoms with Crippen LogP contribution in [0.2, 0.25) is 0 Å². The standard InChI is InChI=1S/C12H21NO2/c1-3-13-9-5-7-11(10-13)6-4-8-12(14)15-2/h4,8,11H,3,5-7,9-10H2,1-2H3/b8-4-. The minimum Gasteiger partial charge on any atom is -0.466 e. The number of piperidine rings is 1. The SMILES string of the molecule is CCN1CCCC(C/C=C\C(=O)OC)C1. The van der Waals surface area contributed by atoms with Crippen LogP contribution in [0.3, 0.4) is 0 Å². The Morgan fingerprint density at radius 3 is 3.07 bits per heavy atom. The summed E-state index contributed by atoms with van der Waals surface area (Å²) in [4.78, 5) is 13.3. The second-order valence-electron chi connectivity index (χ2n) is 4.06. The van der Waals surface area contributed by atoms with E-state index in [1.165, 1.54) is 39.1 Å². The number of carbonyl (C=O) groups is 1. The largest absolute Gasteiger partial charge is 0.466 e. The number of carbonyl (C=O) groups excluding carboxylic acids is 1. The molecule has 0 aromatic carbocycles. The van der Waals surface area contributed by atoms with Gasteiger partial charge in [0.05, 0.1) is 7.11 Å². The van der Waals surface area contributed by atoms with Gasteiger partial charge in [-0.2, -0.15) is 0 Å². The number of allylic oxidation sites excluding steroid dienone is 1. The van der Waals surface area contributed by atoms with Crippen molar-refractivity contribution in [1.82, 2.24) is 4.90 Å². The normalized spacial score (nSPS) is 23.2. The Hall–Kier alpha value is -0.830. The fraction of sp³-hybridized carbons (Fsp3) is 0.750. The Morgan fingerprint density at radius 1 is 1.60 bits per heavy atom. The van der Waals surface area contributed by atoms with Crippen LogP contribution in [-0.2, 0) is 9.53 Å². The van der Waals surface area contributed by atoms with Crippen LogP contribution >= 0.6 is 0 Å². The molecule has 1 rings (SSSR count). The van der Waals surface area contributed by atoms with Gasteiger partial charge in [-0.05, 0) is 38.3 Å². The molecule has 0 saturated carbocycles. The predicted molar refractivity (Wildman–Crippen MR) is 60.6 cm³/mol. The molecule has 3 nitrogen and oxygen atoms in total. The Morgan fingerprint density at radius 2 is 2.40 bits per heavy atom. The first kappa shape index (κ1) is 12.2. The van der Waals surface area contributed by atoms with Gasteiger partial charge in [0.1, 0.15) is 0 Å². The van der Waals surface area contributed by atoms with Gasteiger partial charge in [0.15, 0.2) is 0 Å². The third kappa shape index (κ3) is 4.47. The molecular weight excluding hydrogens is 190 g/mol. The van der Waals surface area contributed by atoms with Gasteiger partial charge in [0, 0.05) is 12.6 Å². The van der Waals surface area contributed by atoms with E-state index >= 15 is 0 Å². The molecule has 0 aromatic rings. The molecule has 0 N–H and O–H groups in total. The van der Waals surface area contributed by atoms with Crippen molar-refractivity contribution in [3.8, 4) is 0 Å². The van der Waals surface area contributed by atoms with E-state index in [0.29, 0.717) is 5.92 Å².